The van der Waals surface area contributed by atoms with E-state index in [4.69, 9.17) is 0 Å². The van der Waals surface area contributed by atoms with Gasteiger partial charge in [-0.3, -0.25) is 9.20 Å². The van der Waals surface area contributed by atoms with Crippen molar-refractivity contribution >= 4 is 23.3 Å². The van der Waals surface area contributed by atoms with Gasteiger partial charge in [-0.15, -0.1) is 10.2 Å². The van der Waals surface area contributed by atoms with Crippen molar-refractivity contribution in [1.82, 2.24) is 25.2 Å². The Bertz CT molecular complexity index is 1030. The first-order chi connectivity index (χ1) is 14.0. The van der Waals surface area contributed by atoms with Gasteiger partial charge in [-0.25, -0.2) is 4.79 Å². The van der Waals surface area contributed by atoms with E-state index in [-0.39, 0.29) is 29.9 Å². The Morgan fingerprint density at radius 3 is 2.45 bits per heavy atom. The van der Waals surface area contributed by atoms with Crippen molar-refractivity contribution in [2.75, 3.05) is 5.32 Å². The molecule has 3 amide bonds. The van der Waals surface area contributed by atoms with Crippen LogP contribution in [0.15, 0.2) is 48.7 Å². The van der Waals surface area contributed by atoms with Gasteiger partial charge in [0.05, 0.1) is 12.1 Å². The molecule has 8 nitrogen and oxygen atoms in total. The Morgan fingerprint density at radius 1 is 1.00 bits per heavy atom. The van der Waals surface area contributed by atoms with Crippen LogP contribution >= 0.6 is 0 Å². The van der Waals surface area contributed by atoms with Gasteiger partial charge in [0.15, 0.2) is 11.5 Å². The topological polar surface area (TPSA) is 100 Å². The molecule has 1 fully saturated rings. The molecule has 150 valence electrons. The lowest BCUT2D eigenvalue weighted by molar-refractivity contribution is -0.117. The zero-order valence-electron chi connectivity index (χ0n) is 16.4. The number of nitrogens with one attached hydrogen (secondary N) is 3. The average molecular weight is 392 g/mol. The van der Waals surface area contributed by atoms with E-state index in [1.165, 1.54) is 0 Å². The van der Waals surface area contributed by atoms with Gasteiger partial charge in [-0.1, -0.05) is 18.2 Å². The van der Waals surface area contributed by atoms with Gasteiger partial charge in [-0.05, 0) is 56.5 Å². The lowest BCUT2D eigenvalue weighted by atomic mass is 10.1. The summed E-state index contributed by atoms with van der Waals surface area (Å²) >= 11 is 0. The highest BCUT2D eigenvalue weighted by molar-refractivity contribution is 5.94. The summed E-state index contributed by atoms with van der Waals surface area (Å²) in [5.41, 5.74) is 2.46. The monoisotopic (exact) mass is 392 g/mol. The summed E-state index contributed by atoms with van der Waals surface area (Å²) in [6.07, 6.45) is 3.82. The van der Waals surface area contributed by atoms with E-state index in [2.05, 4.69) is 26.1 Å². The molecule has 2 unspecified atom stereocenters. The minimum absolute atomic E-state index is 0.0818. The van der Waals surface area contributed by atoms with Gasteiger partial charge in [0.25, 0.3) is 0 Å². The second-order valence-corrected chi connectivity index (χ2v) is 7.43. The molecule has 0 saturated heterocycles. The second kappa shape index (κ2) is 7.90. The lowest BCUT2D eigenvalue weighted by Crippen LogP contribution is -2.38. The predicted molar refractivity (Wildman–Crippen MR) is 109 cm³/mol. The maximum Gasteiger partial charge on any atom is 0.315 e. The molecule has 0 aliphatic heterocycles. The Kier molecular flexibility index (Phi) is 5.16. The van der Waals surface area contributed by atoms with E-state index < -0.39 is 0 Å². The number of rotatable bonds is 6. The maximum atomic E-state index is 12.4. The molecule has 2 heterocycles. The van der Waals surface area contributed by atoms with Crippen LogP contribution in [0.3, 0.4) is 0 Å². The van der Waals surface area contributed by atoms with Gasteiger partial charge in [0, 0.05) is 17.8 Å². The van der Waals surface area contributed by atoms with Gasteiger partial charge in [0.2, 0.25) is 5.91 Å². The summed E-state index contributed by atoms with van der Waals surface area (Å²) in [7, 11) is 0. The summed E-state index contributed by atoms with van der Waals surface area (Å²) in [6, 6.07) is 12.4. The van der Waals surface area contributed by atoms with Gasteiger partial charge < -0.3 is 16.0 Å². The van der Waals surface area contributed by atoms with Crippen LogP contribution in [0.5, 0.6) is 0 Å². The lowest BCUT2D eigenvalue weighted by Gasteiger charge is -2.18. The molecule has 2 atom stereocenters. The Labute approximate surface area is 168 Å². The van der Waals surface area contributed by atoms with E-state index in [9.17, 15) is 9.59 Å². The molecule has 1 saturated carbocycles. The van der Waals surface area contributed by atoms with E-state index in [1.807, 2.05) is 66.9 Å². The van der Waals surface area contributed by atoms with Gasteiger partial charge in [-0.2, -0.15) is 0 Å². The molecule has 0 bridgehead atoms. The molecule has 1 aliphatic carbocycles. The average Bonchev–Trinajstić information content (AvgIpc) is 3.47. The number of carbonyl (C=O) groups excluding carboxylic acids is 2. The van der Waals surface area contributed by atoms with Crippen molar-refractivity contribution in [2.24, 2.45) is 5.92 Å². The second-order valence-electron chi connectivity index (χ2n) is 7.43. The number of anilines is 1. The fraction of sp³-hybridized carbons (Fsp3) is 0.333. The van der Waals surface area contributed by atoms with E-state index >= 15 is 0 Å². The fourth-order valence-corrected chi connectivity index (χ4v) is 3.18. The van der Waals surface area contributed by atoms with Gasteiger partial charge in [0.1, 0.15) is 0 Å². The summed E-state index contributed by atoms with van der Waals surface area (Å²) in [5.74, 6) is 0.917. The number of benzene rings is 1. The first-order valence-electron chi connectivity index (χ1n) is 9.79. The molecule has 0 spiro atoms. The molecule has 8 heteroatoms. The Hall–Kier alpha value is -3.42. The molecule has 3 N–H and O–H groups in total. The standard InChI is InChI=1S/C21H24N6O2/c1-13(15-8-10-17(11-9-15)24-20(28)16-6-7-16)22-21(29)23-14(2)19-26-25-18-5-3-4-12-27(18)19/h3-5,8-14,16H,6-7H2,1-2H3,(H,24,28)(H2,22,23,29). The molecule has 1 aromatic carbocycles. The minimum atomic E-state index is -0.306. The number of hydrogen-bond acceptors (Lipinski definition) is 4. The first-order valence-corrected chi connectivity index (χ1v) is 9.79. The normalized spacial score (nSPS) is 15.5. The number of hydrogen-bond donors (Lipinski definition) is 3. The third-order valence-electron chi connectivity index (χ3n) is 5.05. The van der Waals surface area contributed by atoms with E-state index in [0.29, 0.717) is 5.82 Å². The largest absolute Gasteiger partial charge is 0.332 e. The SMILES string of the molecule is CC(NC(=O)NC(C)c1nnc2ccccn12)c1ccc(NC(=O)C2CC2)cc1. The smallest absolute Gasteiger partial charge is 0.315 e. The van der Waals surface area contributed by atoms with Crippen molar-refractivity contribution < 1.29 is 9.59 Å². The van der Waals surface area contributed by atoms with Crippen LogP contribution < -0.4 is 16.0 Å². The number of urea groups is 1. The number of fused-ring (bicyclic) bond motifs is 1. The maximum absolute atomic E-state index is 12.4. The van der Waals surface area contributed by atoms with Crippen molar-refractivity contribution in [3.05, 3.63) is 60.0 Å². The van der Waals surface area contributed by atoms with Crippen LogP contribution in [0.4, 0.5) is 10.5 Å². The highest BCUT2D eigenvalue weighted by Crippen LogP contribution is 2.30. The number of aromatic nitrogens is 3. The quantitative estimate of drug-likeness (QED) is 0.600. The molecule has 0 radical (unpaired) electrons. The summed E-state index contributed by atoms with van der Waals surface area (Å²) in [5, 5.41) is 17.0. The fourth-order valence-electron chi connectivity index (χ4n) is 3.18. The van der Waals surface area contributed by atoms with Crippen LogP contribution in [0.1, 0.15) is 50.2 Å². The molecule has 2 aromatic heterocycles. The summed E-state index contributed by atoms with van der Waals surface area (Å²) in [6.45, 7) is 3.78. The number of pyridine rings is 1. The third-order valence-corrected chi connectivity index (χ3v) is 5.05. The molecule has 3 aromatic rings. The van der Waals surface area contributed by atoms with Crippen molar-refractivity contribution in [1.29, 1.82) is 0 Å². The highest BCUT2D eigenvalue weighted by Gasteiger charge is 2.29. The third kappa shape index (κ3) is 4.37. The summed E-state index contributed by atoms with van der Waals surface area (Å²) in [4.78, 5) is 24.3. The van der Waals surface area contributed by atoms with E-state index in [0.717, 1.165) is 29.7 Å². The number of nitrogens with zero attached hydrogens (tertiary/aromatic N) is 3. The molecule has 29 heavy (non-hydrogen) atoms. The molecule has 1 aliphatic rings. The van der Waals surface area contributed by atoms with Crippen molar-refractivity contribution in [3.63, 3.8) is 0 Å². The summed E-state index contributed by atoms with van der Waals surface area (Å²) < 4.78 is 1.85. The van der Waals surface area contributed by atoms with E-state index in [1.54, 1.807) is 0 Å². The van der Waals surface area contributed by atoms with Crippen LogP contribution in [-0.4, -0.2) is 26.5 Å². The highest BCUT2D eigenvalue weighted by atomic mass is 16.2. The Morgan fingerprint density at radius 2 is 1.72 bits per heavy atom. The first kappa shape index (κ1) is 18.9. The van der Waals surface area contributed by atoms with Crippen LogP contribution in [-0.2, 0) is 4.79 Å². The molecular weight excluding hydrogens is 368 g/mol. The van der Waals surface area contributed by atoms with Gasteiger partial charge >= 0.3 is 6.03 Å². The number of carbonyl (C=O) groups is 2. The van der Waals surface area contributed by atoms with Crippen molar-refractivity contribution in [2.45, 2.75) is 38.8 Å². The van der Waals surface area contributed by atoms with Crippen LogP contribution in [0.2, 0.25) is 0 Å². The Balaban J connectivity index is 1.33. The zero-order chi connectivity index (χ0) is 20.4. The zero-order valence-corrected chi connectivity index (χ0v) is 16.4. The molecular formula is C21H24N6O2. The predicted octanol–water partition coefficient (Wildman–Crippen LogP) is 3.20. The van der Waals surface area contributed by atoms with Crippen LogP contribution in [0.25, 0.3) is 5.65 Å². The van der Waals surface area contributed by atoms with Crippen molar-refractivity contribution in [3.8, 4) is 0 Å². The molecule has 4 rings (SSSR count). The van der Waals surface area contributed by atoms with Crippen LogP contribution in [0, 0.1) is 5.92 Å². The number of amides is 3. The minimum Gasteiger partial charge on any atom is -0.332 e.